The molecule has 0 saturated carbocycles. The van der Waals surface area contributed by atoms with E-state index in [4.69, 9.17) is 0 Å². The molecule has 6 heteroatoms. The van der Waals surface area contributed by atoms with Crippen LogP contribution in [-0.2, 0) is 0 Å². The van der Waals surface area contributed by atoms with Crippen molar-refractivity contribution >= 4 is 44.6 Å². The zero-order chi connectivity index (χ0) is 17.6. The van der Waals surface area contributed by atoms with Gasteiger partial charge in [-0.2, -0.15) is 0 Å². The maximum Gasteiger partial charge on any atom is 0.272 e. The second-order valence-electron chi connectivity index (χ2n) is 5.53. The lowest BCUT2D eigenvalue weighted by Crippen LogP contribution is -2.26. The largest absolute Gasteiger partial charge is 0.351 e. The molecular weight excluding hydrogens is 398 g/mol. The first-order valence-corrected chi connectivity index (χ1v) is 9.76. The van der Waals surface area contributed by atoms with Gasteiger partial charge in [0.1, 0.15) is 5.03 Å². The molecule has 0 unspecified atom stereocenters. The molecule has 3 rings (SSSR count). The fourth-order valence-electron chi connectivity index (χ4n) is 2.28. The van der Waals surface area contributed by atoms with E-state index in [0.717, 1.165) is 33.2 Å². The lowest BCUT2D eigenvalue weighted by Gasteiger charge is -2.10. The number of amides is 1. The number of carbonyl (C=O) groups is 1. The van der Waals surface area contributed by atoms with E-state index in [1.54, 1.807) is 0 Å². The number of carbonyl (C=O) groups excluding carboxylic acids is 1. The Morgan fingerprint density at radius 1 is 1.08 bits per heavy atom. The summed E-state index contributed by atoms with van der Waals surface area (Å²) in [6.45, 7) is 2.74. The quantitative estimate of drug-likeness (QED) is 0.570. The predicted octanol–water partition coefficient (Wildman–Crippen LogP) is 5.07. The van der Waals surface area contributed by atoms with Crippen LogP contribution in [0.5, 0.6) is 0 Å². The molecule has 1 aromatic heterocycles. The van der Waals surface area contributed by atoms with Gasteiger partial charge in [0.05, 0.1) is 11.0 Å². The summed E-state index contributed by atoms with van der Waals surface area (Å²) in [6, 6.07) is 15.5. The van der Waals surface area contributed by atoms with Gasteiger partial charge in [0.15, 0.2) is 5.69 Å². The van der Waals surface area contributed by atoms with Gasteiger partial charge in [0.25, 0.3) is 5.91 Å². The summed E-state index contributed by atoms with van der Waals surface area (Å²) in [4.78, 5) is 22.8. The number of para-hydroxylation sites is 2. The highest BCUT2D eigenvalue weighted by molar-refractivity contribution is 9.10. The summed E-state index contributed by atoms with van der Waals surface area (Å²) < 4.78 is 1.01. The van der Waals surface area contributed by atoms with Crippen molar-refractivity contribution in [3.8, 4) is 0 Å². The highest BCUT2D eigenvalue weighted by atomic mass is 79.9. The average Bonchev–Trinajstić information content (AvgIpc) is 2.63. The van der Waals surface area contributed by atoms with E-state index in [9.17, 15) is 4.79 Å². The molecule has 1 N–H and O–H groups in total. The number of aromatic nitrogens is 2. The van der Waals surface area contributed by atoms with Gasteiger partial charge >= 0.3 is 0 Å². The van der Waals surface area contributed by atoms with Crippen molar-refractivity contribution in [2.24, 2.45) is 0 Å². The zero-order valence-electron chi connectivity index (χ0n) is 13.8. The Morgan fingerprint density at radius 3 is 2.44 bits per heavy atom. The van der Waals surface area contributed by atoms with Crippen molar-refractivity contribution in [3.63, 3.8) is 0 Å². The summed E-state index contributed by atoms with van der Waals surface area (Å²) in [5.41, 5.74) is 1.89. The van der Waals surface area contributed by atoms with Crippen LogP contribution >= 0.6 is 27.7 Å². The van der Waals surface area contributed by atoms with Crippen LogP contribution in [0.4, 0.5) is 0 Å². The molecule has 0 aliphatic heterocycles. The minimum atomic E-state index is -0.175. The summed E-state index contributed by atoms with van der Waals surface area (Å²) in [6.07, 6.45) is 1.98. The van der Waals surface area contributed by atoms with E-state index < -0.39 is 0 Å². The molecule has 0 radical (unpaired) electrons. The average molecular weight is 416 g/mol. The summed E-state index contributed by atoms with van der Waals surface area (Å²) >= 11 is 4.89. The number of fused-ring (bicyclic) bond motifs is 1. The first-order chi connectivity index (χ1) is 12.2. The van der Waals surface area contributed by atoms with Crippen LogP contribution in [0.15, 0.2) is 62.9 Å². The summed E-state index contributed by atoms with van der Waals surface area (Å²) in [7, 11) is 0. The van der Waals surface area contributed by atoms with E-state index >= 15 is 0 Å². The van der Waals surface area contributed by atoms with Gasteiger partial charge in [-0.3, -0.25) is 4.79 Å². The van der Waals surface area contributed by atoms with Crippen LogP contribution in [-0.4, -0.2) is 22.4 Å². The van der Waals surface area contributed by atoms with Gasteiger partial charge < -0.3 is 5.32 Å². The smallest absolute Gasteiger partial charge is 0.272 e. The predicted molar refractivity (Wildman–Crippen MR) is 105 cm³/mol. The van der Waals surface area contributed by atoms with Crippen LogP contribution in [0.25, 0.3) is 11.0 Å². The van der Waals surface area contributed by atoms with Crippen molar-refractivity contribution < 1.29 is 4.79 Å². The van der Waals surface area contributed by atoms with Crippen molar-refractivity contribution in [2.45, 2.75) is 29.7 Å². The molecule has 0 aliphatic rings. The van der Waals surface area contributed by atoms with Gasteiger partial charge in [-0.15, -0.1) is 0 Å². The fourth-order valence-corrected chi connectivity index (χ4v) is 3.42. The first kappa shape index (κ1) is 17.9. The van der Waals surface area contributed by atoms with Gasteiger partial charge in [-0.25, -0.2) is 9.97 Å². The zero-order valence-corrected chi connectivity index (χ0v) is 16.2. The molecule has 1 amide bonds. The molecule has 0 fully saturated rings. The maximum absolute atomic E-state index is 12.6. The molecule has 1 heterocycles. The standard InChI is InChI=1S/C19H18BrN3OS/c1-2-3-12-21-18(24)17-19(25-14-10-8-13(20)9-11-14)23-16-7-5-4-6-15(16)22-17/h4-11H,2-3,12H2,1H3,(H,21,24). The molecule has 0 saturated heterocycles. The number of nitrogens with zero attached hydrogens (tertiary/aromatic N) is 2. The monoisotopic (exact) mass is 415 g/mol. The van der Waals surface area contributed by atoms with Crippen molar-refractivity contribution in [1.82, 2.24) is 15.3 Å². The Labute approximate surface area is 159 Å². The third kappa shape index (κ3) is 4.58. The summed E-state index contributed by atoms with van der Waals surface area (Å²) in [5.74, 6) is -0.175. The topological polar surface area (TPSA) is 54.9 Å². The number of hydrogen-bond donors (Lipinski definition) is 1. The molecule has 0 bridgehead atoms. The molecule has 0 atom stereocenters. The van der Waals surface area contributed by atoms with Gasteiger partial charge in [0.2, 0.25) is 0 Å². The Bertz CT molecular complexity index is 883. The first-order valence-electron chi connectivity index (χ1n) is 8.16. The number of hydrogen-bond acceptors (Lipinski definition) is 4. The Balaban J connectivity index is 1.96. The molecular formula is C19H18BrN3OS. The van der Waals surface area contributed by atoms with E-state index in [1.165, 1.54) is 11.8 Å². The van der Waals surface area contributed by atoms with E-state index in [0.29, 0.717) is 17.3 Å². The number of halogens is 1. The normalized spacial score (nSPS) is 10.8. The summed E-state index contributed by atoms with van der Waals surface area (Å²) in [5, 5.41) is 3.56. The molecule has 0 spiro atoms. The van der Waals surface area contributed by atoms with E-state index in [2.05, 4.69) is 38.1 Å². The van der Waals surface area contributed by atoms with Crippen LogP contribution in [0.2, 0.25) is 0 Å². The third-order valence-corrected chi connectivity index (χ3v) is 5.11. The lowest BCUT2D eigenvalue weighted by atomic mass is 10.3. The van der Waals surface area contributed by atoms with Crippen LogP contribution in [0, 0.1) is 0 Å². The molecule has 2 aromatic carbocycles. The molecule has 128 valence electrons. The van der Waals surface area contributed by atoms with Gasteiger partial charge in [0, 0.05) is 15.9 Å². The number of nitrogens with one attached hydrogen (secondary N) is 1. The Hall–Kier alpha value is -1.92. The molecule has 4 nitrogen and oxygen atoms in total. The van der Waals surface area contributed by atoms with Crippen LogP contribution in [0.3, 0.4) is 0 Å². The fraction of sp³-hybridized carbons (Fsp3) is 0.211. The highest BCUT2D eigenvalue weighted by Crippen LogP contribution is 2.30. The van der Waals surface area contributed by atoms with Crippen LogP contribution in [0.1, 0.15) is 30.3 Å². The molecule has 0 aliphatic carbocycles. The third-order valence-electron chi connectivity index (χ3n) is 3.60. The highest BCUT2D eigenvalue weighted by Gasteiger charge is 2.17. The van der Waals surface area contributed by atoms with Crippen molar-refractivity contribution in [3.05, 3.63) is 58.7 Å². The van der Waals surface area contributed by atoms with E-state index in [-0.39, 0.29) is 5.91 Å². The number of rotatable bonds is 6. The molecule has 3 aromatic rings. The second-order valence-corrected chi connectivity index (χ2v) is 7.51. The van der Waals surface area contributed by atoms with Crippen molar-refractivity contribution in [2.75, 3.05) is 6.54 Å². The SMILES string of the molecule is CCCCNC(=O)c1nc2ccccc2nc1Sc1ccc(Br)cc1. The number of unbranched alkanes of at least 4 members (excludes halogenated alkanes) is 1. The molecule has 25 heavy (non-hydrogen) atoms. The maximum atomic E-state index is 12.6. The second kappa shape index (κ2) is 8.45. The van der Waals surface area contributed by atoms with Gasteiger partial charge in [-0.1, -0.05) is 53.2 Å². The lowest BCUT2D eigenvalue weighted by molar-refractivity contribution is 0.0944. The van der Waals surface area contributed by atoms with Crippen molar-refractivity contribution in [1.29, 1.82) is 0 Å². The number of benzene rings is 2. The van der Waals surface area contributed by atoms with E-state index in [1.807, 2.05) is 48.5 Å². The van der Waals surface area contributed by atoms with Gasteiger partial charge in [-0.05, 0) is 42.8 Å². The minimum Gasteiger partial charge on any atom is -0.351 e. The Kier molecular flexibility index (Phi) is 6.04. The van der Waals surface area contributed by atoms with Crippen LogP contribution < -0.4 is 5.32 Å². The Morgan fingerprint density at radius 2 is 1.76 bits per heavy atom. The minimum absolute atomic E-state index is 0.175.